The fraction of sp³-hybridized carbons (Fsp3) is 0.810. The quantitative estimate of drug-likeness (QED) is 0.691. The first kappa shape index (κ1) is 15.6. The van der Waals surface area contributed by atoms with E-state index in [0.717, 1.165) is 49.7 Å². The molecule has 3 saturated carbocycles. The van der Waals surface area contributed by atoms with Gasteiger partial charge in [-0.1, -0.05) is 19.4 Å². The van der Waals surface area contributed by atoms with Crippen molar-refractivity contribution in [3.8, 4) is 0 Å². The predicted octanol–water partition coefficient (Wildman–Crippen LogP) is 4.72. The van der Waals surface area contributed by atoms with Crippen LogP contribution in [0.5, 0.6) is 0 Å². The lowest BCUT2D eigenvalue weighted by Gasteiger charge is -2.58. The van der Waals surface area contributed by atoms with Gasteiger partial charge in [0.05, 0.1) is 0 Å². The summed E-state index contributed by atoms with van der Waals surface area (Å²) in [6, 6.07) is 0. The lowest BCUT2D eigenvalue weighted by atomic mass is 9.47. The molecule has 6 atom stereocenters. The number of carbonyl (C=O) groups is 2. The van der Waals surface area contributed by atoms with E-state index >= 15 is 0 Å². The van der Waals surface area contributed by atoms with Crippen LogP contribution in [0.25, 0.3) is 0 Å². The molecule has 4 aliphatic carbocycles. The number of hydrogen-bond acceptors (Lipinski definition) is 2. The topological polar surface area (TPSA) is 34.1 Å². The lowest BCUT2D eigenvalue weighted by molar-refractivity contribution is -0.117. The second kappa shape index (κ2) is 5.29. The summed E-state index contributed by atoms with van der Waals surface area (Å²) in [4.78, 5) is 22.9. The van der Waals surface area contributed by atoms with E-state index < -0.39 is 0 Å². The van der Waals surface area contributed by atoms with E-state index in [-0.39, 0.29) is 5.41 Å². The van der Waals surface area contributed by atoms with E-state index in [1.54, 1.807) is 0 Å². The molecule has 0 N–H and O–H groups in total. The molecule has 0 radical (unpaired) electrons. The summed E-state index contributed by atoms with van der Waals surface area (Å²) in [6.07, 6.45) is 13.3. The van der Waals surface area contributed by atoms with Crippen molar-refractivity contribution in [1.29, 1.82) is 0 Å². The molecule has 23 heavy (non-hydrogen) atoms. The Hall–Kier alpha value is -0.920. The van der Waals surface area contributed by atoms with Crippen LogP contribution in [-0.2, 0) is 9.59 Å². The minimum absolute atomic E-state index is 0.279. The number of hydrogen-bond donors (Lipinski definition) is 0. The molecular formula is C21H30O2. The summed E-state index contributed by atoms with van der Waals surface area (Å²) in [5, 5.41) is 0. The number of ketones is 1. The van der Waals surface area contributed by atoms with Gasteiger partial charge in [0.1, 0.15) is 6.29 Å². The highest BCUT2D eigenvalue weighted by Gasteiger charge is 2.58. The van der Waals surface area contributed by atoms with Gasteiger partial charge >= 0.3 is 0 Å². The van der Waals surface area contributed by atoms with Gasteiger partial charge in [-0.25, -0.2) is 0 Å². The van der Waals surface area contributed by atoms with E-state index in [1.165, 1.54) is 37.7 Å². The zero-order chi connectivity index (χ0) is 16.2. The molecule has 3 fully saturated rings. The maximum atomic E-state index is 11.9. The third-order valence-electron chi connectivity index (χ3n) is 8.54. The van der Waals surface area contributed by atoms with Crippen LogP contribution in [0.15, 0.2) is 11.6 Å². The standard InChI is InChI=1S/C21H30O2/c1-20-11-8-19-17(18(20)6-4-14(20)9-12-22)5-3-15-13-16(23)7-10-21(15,19)2/h12-14,17-19H,3-11H2,1-2H3/t14-,17+,18+,19+,20-,21+/m1/s1. The molecule has 0 aromatic carbocycles. The van der Waals surface area contributed by atoms with Crippen LogP contribution in [0.1, 0.15) is 71.6 Å². The Labute approximate surface area is 140 Å². The summed E-state index contributed by atoms with van der Waals surface area (Å²) >= 11 is 0. The third kappa shape index (κ3) is 2.13. The molecule has 0 unspecified atom stereocenters. The molecular weight excluding hydrogens is 284 g/mol. The summed E-state index contributed by atoms with van der Waals surface area (Å²) in [5.74, 6) is 3.36. The molecule has 0 aromatic heterocycles. The van der Waals surface area contributed by atoms with E-state index in [2.05, 4.69) is 13.8 Å². The maximum absolute atomic E-state index is 11.9. The molecule has 0 heterocycles. The number of rotatable bonds is 2. The van der Waals surface area contributed by atoms with Gasteiger partial charge in [0.2, 0.25) is 0 Å². The number of allylic oxidation sites excluding steroid dienone is 1. The molecule has 0 aliphatic heterocycles. The Morgan fingerprint density at radius 3 is 2.70 bits per heavy atom. The highest BCUT2D eigenvalue weighted by Crippen LogP contribution is 2.66. The zero-order valence-corrected chi connectivity index (χ0v) is 14.6. The van der Waals surface area contributed by atoms with Crippen molar-refractivity contribution in [2.24, 2.45) is 34.5 Å². The molecule has 2 nitrogen and oxygen atoms in total. The highest BCUT2D eigenvalue weighted by atomic mass is 16.1. The first-order chi connectivity index (χ1) is 11.0. The fourth-order valence-electron chi connectivity index (χ4n) is 7.17. The largest absolute Gasteiger partial charge is 0.303 e. The van der Waals surface area contributed by atoms with E-state index in [9.17, 15) is 9.59 Å². The monoisotopic (exact) mass is 314 g/mol. The second-order valence-corrected chi connectivity index (χ2v) is 9.19. The molecule has 4 rings (SSSR count). The average Bonchev–Trinajstić information content (AvgIpc) is 2.85. The van der Waals surface area contributed by atoms with Crippen molar-refractivity contribution in [2.75, 3.05) is 0 Å². The first-order valence-corrected chi connectivity index (χ1v) is 9.66. The highest BCUT2D eigenvalue weighted by molar-refractivity contribution is 5.91. The van der Waals surface area contributed by atoms with E-state index in [4.69, 9.17) is 0 Å². The maximum Gasteiger partial charge on any atom is 0.155 e. The Bertz CT molecular complexity index is 562. The van der Waals surface area contributed by atoms with Gasteiger partial charge in [0, 0.05) is 12.8 Å². The van der Waals surface area contributed by atoms with Gasteiger partial charge in [-0.3, -0.25) is 4.79 Å². The zero-order valence-electron chi connectivity index (χ0n) is 14.6. The summed E-state index contributed by atoms with van der Waals surface area (Å²) < 4.78 is 0. The molecule has 0 aromatic rings. The Morgan fingerprint density at radius 2 is 1.91 bits per heavy atom. The minimum atomic E-state index is 0.279. The molecule has 2 heteroatoms. The van der Waals surface area contributed by atoms with Gasteiger partial charge in [-0.15, -0.1) is 0 Å². The van der Waals surface area contributed by atoms with Gasteiger partial charge in [0.15, 0.2) is 5.78 Å². The molecule has 0 amide bonds. The minimum Gasteiger partial charge on any atom is -0.303 e. The van der Waals surface area contributed by atoms with E-state index in [0.29, 0.717) is 17.1 Å². The fourth-order valence-corrected chi connectivity index (χ4v) is 7.17. The summed E-state index contributed by atoms with van der Waals surface area (Å²) in [6.45, 7) is 4.93. The lowest BCUT2D eigenvalue weighted by Crippen LogP contribution is -2.50. The van der Waals surface area contributed by atoms with Gasteiger partial charge in [-0.2, -0.15) is 0 Å². The molecule has 126 valence electrons. The first-order valence-electron chi connectivity index (χ1n) is 9.66. The number of fused-ring (bicyclic) bond motifs is 5. The number of carbonyl (C=O) groups excluding carboxylic acids is 2. The van der Waals surface area contributed by atoms with Gasteiger partial charge in [-0.05, 0) is 85.5 Å². The van der Waals surface area contributed by atoms with Gasteiger partial charge < -0.3 is 4.79 Å². The molecule has 0 spiro atoms. The second-order valence-electron chi connectivity index (χ2n) is 9.19. The molecule has 4 aliphatic rings. The Balaban J connectivity index is 1.64. The van der Waals surface area contributed by atoms with Crippen LogP contribution >= 0.6 is 0 Å². The smallest absolute Gasteiger partial charge is 0.155 e. The van der Waals surface area contributed by atoms with Crippen LogP contribution in [0.3, 0.4) is 0 Å². The number of aldehydes is 1. The van der Waals surface area contributed by atoms with Crippen molar-refractivity contribution < 1.29 is 9.59 Å². The van der Waals surface area contributed by atoms with Crippen LogP contribution in [0, 0.1) is 34.5 Å². The van der Waals surface area contributed by atoms with Crippen molar-refractivity contribution in [2.45, 2.75) is 71.6 Å². The van der Waals surface area contributed by atoms with E-state index in [1.807, 2.05) is 6.08 Å². The average molecular weight is 314 g/mol. The van der Waals surface area contributed by atoms with Crippen molar-refractivity contribution in [3.63, 3.8) is 0 Å². The summed E-state index contributed by atoms with van der Waals surface area (Å²) in [7, 11) is 0. The van der Waals surface area contributed by atoms with Crippen molar-refractivity contribution in [1.82, 2.24) is 0 Å². The van der Waals surface area contributed by atoms with Crippen LogP contribution < -0.4 is 0 Å². The SMILES string of the molecule is C[C@]12CC[C@H]3[C@@H](CCC4=CC(=O)CC[C@@]43C)[C@@H]1CC[C@@H]2CC=O. The Kier molecular flexibility index (Phi) is 3.59. The Morgan fingerprint density at radius 1 is 1.09 bits per heavy atom. The third-order valence-corrected chi connectivity index (χ3v) is 8.54. The van der Waals surface area contributed by atoms with Crippen LogP contribution in [-0.4, -0.2) is 12.1 Å². The molecule has 0 saturated heterocycles. The van der Waals surface area contributed by atoms with Crippen LogP contribution in [0.4, 0.5) is 0 Å². The normalized spacial score (nSPS) is 49.0. The van der Waals surface area contributed by atoms with Gasteiger partial charge in [0.25, 0.3) is 0 Å². The van der Waals surface area contributed by atoms with Crippen LogP contribution in [0.2, 0.25) is 0 Å². The van der Waals surface area contributed by atoms with Crippen molar-refractivity contribution >= 4 is 12.1 Å². The van der Waals surface area contributed by atoms with Crippen molar-refractivity contribution in [3.05, 3.63) is 11.6 Å². The summed E-state index contributed by atoms with van der Waals surface area (Å²) in [5.41, 5.74) is 2.13. The molecule has 0 bridgehead atoms. The predicted molar refractivity (Wildman–Crippen MR) is 90.9 cm³/mol.